The second-order valence-corrected chi connectivity index (χ2v) is 4.52. The predicted octanol–water partition coefficient (Wildman–Crippen LogP) is 1.87. The lowest BCUT2D eigenvalue weighted by molar-refractivity contribution is -0.118. The molecule has 0 spiro atoms. The highest BCUT2D eigenvalue weighted by molar-refractivity contribution is 6.36. The summed E-state index contributed by atoms with van der Waals surface area (Å²) in [5, 5.41) is 5.74. The van der Waals surface area contributed by atoms with Gasteiger partial charge in [-0.05, 0) is 6.07 Å². The van der Waals surface area contributed by atoms with Crippen molar-refractivity contribution in [3.05, 3.63) is 27.7 Å². The topological polar surface area (TPSA) is 67.4 Å². The molecule has 0 saturated heterocycles. The number of hydrogen-bond donors (Lipinski definition) is 2. The van der Waals surface area contributed by atoms with E-state index in [-0.39, 0.29) is 22.4 Å². The first kappa shape index (κ1) is 15.6. The highest BCUT2D eigenvalue weighted by Gasteiger charge is 2.13. The summed E-state index contributed by atoms with van der Waals surface area (Å²) in [7, 11) is 1.46. The van der Waals surface area contributed by atoms with Crippen LogP contribution in [0, 0.1) is 0 Å². The van der Waals surface area contributed by atoms with Gasteiger partial charge >= 0.3 is 0 Å². The molecule has 0 aliphatic carbocycles. The number of nitrogens with one attached hydrogen (secondary N) is 2. The van der Waals surface area contributed by atoms with Crippen molar-refractivity contribution in [3.63, 3.8) is 0 Å². The molecule has 1 rings (SSSR count). The van der Waals surface area contributed by atoms with Gasteiger partial charge in [0.05, 0.1) is 22.7 Å². The van der Waals surface area contributed by atoms with Crippen LogP contribution in [-0.4, -0.2) is 32.0 Å². The van der Waals surface area contributed by atoms with Crippen LogP contribution in [0.3, 0.4) is 0 Å². The SMILES string of the molecule is COc1cc(Cl)c(C(=O)NCCNC(C)=O)cc1Cl. The van der Waals surface area contributed by atoms with Gasteiger partial charge in [0, 0.05) is 26.1 Å². The largest absolute Gasteiger partial charge is 0.495 e. The highest BCUT2D eigenvalue weighted by atomic mass is 35.5. The van der Waals surface area contributed by atoms with E-state index in [1.54, 1.807) is 0 Å². The summed E-state index contributed by atoms with van der Waals surface area (Å²) in [6, 6.07) is 2.92. The van der Waals surface area contributed by atoms with Crippen molar-refractivity contribution in [3.8, 4) is 5.75 Å². The first-order valence-electron chi connectivity index (χ1n) is 5.51. The van der Waals surface area contributed by atoms with E-state index in [2.05, 4.69) is 10.6 Å². The van der Waals surface area contributed by atoms with Gasteiger partial charge in [-0.15, -0.1) is 0 Å². The molecule has 0 unspecified atom stereocenters. The fourth-order valence-electron chi connectivity index (χ4n) is 1.37. The van der Waals surface area contributed by atoms with Gasteiger partial charge in [-0.3, -0.25) is 9.59 Å². The molecular weight excluding hydrogens is 291 g/mol. The molecule has 2 amide bonds. The minimum absolute atomic E-state index is 0.153. The third kappa shape index (κ3) is 4.61. The van der Waals surface area contributed by atoms with E-state index in [1.165, 1.54) is 26.2 Å². The second kappa shape index (κ2) is 7.21. The van der Waals surface area contributed by atoms with Crippen LogP contribution < -0.4 is 15.4 Å². The zero-order valence-corrected chi connectivity index (χ0v) is 12.1. The molecule has 0 fully saturated rings. The van der Waals surface area contributed by atoms with Gasteiger partial charge in [-0.25, -0.2) is 0 Å². The van der Waals surface area contributed by atoms with Gasteiger partial charge in [0.2, 0.25) is 5.91 Å². The van der Waals surface area contributed by atoms with E-state index in [9.17, 15) is 9.59 Å². The van der Waals surface area contributed by atoms with Crippen LogP contribution in [-0.2, 0) is 4.79 Å². The smallest absolute Gasteiger partial charge is 0.252 e. The van der Waals surface area contributed by atoms with Gasteiger partial charge in [0.1, 0.15) is 5.75 Å². The number of hydrogen-bond acceptors (Lipinski definition) is 3. The maximum atomic E-state index is 11.9. The molecule has 0 aromatic heterocycles. The fourth-order valence-corrected chi connectivity index (χ4v) is 1.85. The average molecular weight is 305 g/mol. The Morgan fingerprint density at radius 3 is 2.37 bits per heavy atom. The third-order valence-corrected chi connectivity index (χ3v) is 2.88. The number of carbonyl (C=O) groups is 2. The molecule has 1 aromatic carbocycles. The average Bonchev–Trinajstić information content (AvgIpc) is 2.36. The van der Waals surface area contributed by atoms with Crippen molar-refractivity contribution < 1.29 is 14.3 Å². The Balaban J connectivity index is 2.67. The molecule has 7 heteroatoms. The van der Waals surface area contributed by atoms with Gasteiger partial charge < -0.3 is 15.4 Å². The maximum Gasteiger partial charge on any atom is 0.252 e. The standard InChI is InChI=1S/C12H14Cl2N2O3/c1-7(17)15-3-4-16-12(18)8-5-10(14)11(19-2)6-9(8)13/h5-6H,3-4H2,1-2H3,(H,15,17)(H,16,18). The molecule has 0 aliphatic heterocycles. The van der Waals surface area contributed by atoms with Crippen LogP contribution in [0.2, 0.25) is 10.0 Å². The lowest BCUT2D eigenvalue weighted by atomic mass is 10.2. The van der Waals surface area contributed by atoms with Crippen LogP contribution in [0.4, 0.5) is 0 Å². The Kier molecular flexibility index (Phi) is 5.92. The Morgan fingerprint density at radius 1 is 1.16 bits per heavy atom. The van der Waals surface area contributed by atoms with Crippen LogP contribution in [0.5, 0.6) is 5.75 Å². The molecule has 0 heterocycles. The lowest BCUT2D eigenvalue weighted by Crippen LogP contribution is -2.33. The summed E-state index contributed by atoms with van der Waals surface area (Å²) in [5.74, 6) is -0.110. The fraction of sp³-hybridized carbons (Fsp3) is 0.333. The first-order valence-corrected chi connectivity index (χ1v) is 6.27. The molecule has 2 N–H and O–H groups in total. The summed E-state index contributed by atoms with van der Waals surface area (Å²) in [6.45, 7) is 2.06. The van der Waals surface area contributed by atoms with E-state index in [0.717, 1.165) is 0 Å². The summed E-state index contributed by atoms with van der Waals surface area (Å²) in [5.41, 5.74) is 0.260. The van der Waals surface area contributed by atoms with Gasteiger partial charge in [0.25, 0.3) is 5.91 Å². The van der Waals surface area contributed by atoms with Gasteiger partial charge in [0.15, 0.2) is 0 Å². The Labute approximate surface area is 121 Å². The van der Waals surface area contributed by atoms with Crippen LogP contribution >= 0.6 is 23.2 Å². The van der Waals surface area contributed by atoms with Crippen molar-refractivity contribution >= 4 is 35.0 Å². The van der Waals surface area contributed by atoms with Crippen molar-refractivity contribution in [2.75, 3.05) is 20.2 Å². The number of ether oxygens (including phenoxy) is 1. The number of amides is 2. The second-order valence-electron chi connectivity index (χ2n) is 3.71. The minimum atomic E-state index is -0.361. The molecule has 5 nitrogen and oxygen atoms in total. The molecule has 0 radical (unpaired) electrons. The number of rotatable bonds is 5. The quantitative estimate of drug-likeness (QED) is 0.816. The Hall–Kier alpha value is -1.46. The van der Waals surface area contributed by atoms with E-state index >= 15 is 0 Å². The lowest BCUT2D eigenvalue weighted by Gasteiger charge is -2.09. The van der Waals surface area contributed by atoms with E-state index in [1.807, 2.05) is 0 Å². The zero-order chi connectivity index (χ0) is 14.4. The van der Waals surface area contributed by atoms with Crippen molar-refractivity contribution in [2.45, 2.75) is 6.92 Å². The number of halogens is 2. The number of methoxy groups -OCH3 is 1. The zero-order valence-electron chi connectivity index (χ0n) is 10.5. The maximum absolute atomic E-state index is 11.9. The van der Waals surface area contributed by atoms with Crippen molar-refractivity contribution in [2.24, 2.45) is 0 Å². The Morgan fingerprint density at radius 2 is 1.79 bits per heavy atom. The van der Waals surface area contributed by atoms with Crippen LogP contribution in [0.25, 0.3) is 0 Å². The molecule has 1 aromatic rings. The Bertz CT molecular complexity index is 492. The van der Waals surface area contributed by atoms with Gasteiger partial charge in [-0.1, -0.05) is 23.2 Å². The number of benzene rings is 1. The number of carbonyl (C=O) groups excluding carboxylic acids is 2. The van der Waals surface area contributed by atoms with Crippen molar-refractivity contribution in [1.29, 1.82) is 0 Å². The third-order valence-electron chi connectivity index (χ3n) is 2.27. The molecule has 19 heavy (non-hydrogen) atoms. The van der Waals surface area contributed by atoms with Crippen molar-refractivity contribution in [1.82, 2.24) is 10.6 Å². The highest BCUT2D eigenvalue weighted by Crippen LogP contribution is 2.30. The molecule has 0 bridgehead atoms. The minimum Gasteiger partial charge on any atom is -0.495 e. The summed E-state index contributed by atoms with van der Waals surface area (Å²) in [4.78, 5) is 22.5. The predicted molar refractivity (Wildman–Crippen MR) is 74.0 cm³/mol. The van der Waals surface area contributed by atoms with Gasteiger partial charge in [-0.2, -0.15) is 0 Å². The summed E-state index contributed by atoms with van der Waals surface area (Å²) < 4.78 is 4.99. The van der Waals surface area contributed by atoms with Crippen LogP contribution in [0.1, 0.15) is 17.3 Å². The van der Waals surface area contributed by atoms with E-state index in [0.29, 0.717) is 23.9 Å². The molecular formula is C12H14Cl2N2O3. The first-order chi connectivity index (χ1) is 8.95. The normalized spacial score (nSPS) is 9.89. The van der Waals surface area contributed by atoms with Crippen LogP contribution in [0.15, 0.2) is 12.1 Å². The molecule has 0 atom stereocenters. The molecule has 0 aliphatic rings. The van der Waals surface area contributed by atoms with E-state index in [4.69, 9.17) is 27.9 Å². The molecule has 0 saturated carbocycles. The monoisotopic (exact) mass is 304 g/mol. The van der Waals surface area contributed by atoms with E-state index < -0.39 is 0 Å². The summed E-state index contributed by atoms with van der Waals surface area (Å²) in [6.07, 6.45) is 0. The summed E-state index contributed by atoms with van der Waals surface area (Å²) >= 11 is 11.9. The molecule has 104 valence electrons.